The molecule has 1 N–H and O–H groups in total. The molecule has 1 aromatic rings. The predicted molar refractivity (Wildman–Crippen MR) is 82.4 cm³/mol. The minimum Gasteiger partial charge on any atom is -0.319 e. The van der Waals surface area contributed by atoms with Crippen molar-refractivity contribution in [3.8, 4) is 0 Å². The number of piperidine rings is 1. The van der Waals surface area contributed by atoms with Crippen LogP contribution in [0.15, 0.2) is 18.2 Å². The smallest absolute Gasteiger partial charge is 0.123 e. The van der Waals surface area contributed by atoms with E-state index in [1.54, 1.807) is 12.1 Å². The number of hydrogen-bond donors (Lipinski definition) is 1. The van der Waals surface area contributed by atoms with Crippen molar-refractivity contribution < 1.29 is 4.39 Å². The summed E-state index contributed by atoms with van der Waals surface area (Å²) in [5.74, 6) is 0.485. The molecular weight excluding hydrogens is 251 g/mol. The third kappa shape index (κ3) is 3.39. The fraction of sp³-hybridized carbons (Fsp3) is 0.647. The van der Waals surface area contributed by atoms with Crippen molar-refractivity contribution in [1.82, 2.24) is 10.2 Å². The van der Waals surface area contributed by atoms with Gasteiger partial charge in [0.05, 0.1) is 0 Å². The highest BCUT2D eigenvalue weighted by Gasteiger charge is 2.32. The average Bonchev–Trinajstić information content (AvgIpc) is 2.41. The highest BCUT2D eigenvalue weighted by molar-refractivity contribution is 5.30. The summed E-state index contributed by atoms with van der Waals surface area (Å²) in [6, 6.07) is 5.70. The number of nitrogens with zero attached hydrogens (tertiary/aromatic N) is 1. The Morgan fingerprint density at radius 1 is 1.40 bits per heavy atom. The van der Waals surface area contributed by atoms with Crippen LogP contribution in [0.25, 0.3) is 0 Å². The number of likely N-dealkylation sites (tertiary alicyclic amines) is 1. The summed E-state index contributed by atoms with van der Waals surface area (Å²) in [4.78, 5) is 2.59. The highest BCUT2D eigenvalue weighted by Crippen LogP contribution is 2.37. The van der Waals surface area contributed by atoms with Crippen molar-refractivity contribution in [1.29, 1.82) is 0 Å². The molecule has 1 fully saturated rings. The van der Waals surface area contributed by atoms with Gasteiger partial charge in [-0.15, -0.1) is 0 Å². The van der Waals surface area contributed by atoms with Gasteiger partial charge in [-0.25, -0.2) is 4.39 Å². The molecule has 1 aliphatic heterocycles. The van der Waals surface area contributed by atoms with E-state index in [1.807, 2.05) is 20.0 Å². The predicted octanol–water partition coefficient (Wildman–Crippen LogP) is 3.52. The molecule has 0 aromatic heterocycles. The van der Waals surface area contributed by atoms with E-state index in [-0.39, 0.29) is 5.82 Å². The molecule has 0 amide bonds. The molecular formula is C17H27FN2. The van der Waals surface area contributed by atoms with Crippen molar-refractivity contribution in [2.24, 2.45) is 5.92 Å². The molecule has 3 heteroatoms. The van der Waals surface area contributed by atoms with Crippen molar-refractivity contribution >= 4 is 0 Å². The van der Waals surface area contributed by atoms with E-state index in [9.17, 15) is 4.39 Å². The lowest BCUT2D eigenvalue weighted by Crippen LogP contribution is -2.42. The lowest BCUT2D eigenvalue weighted by atomic mass is 9.82. The standard InChI is InChI=1S/C17H27FN2/c1-4-9-20-10-5-6-14(12-19-3)17(20)16-8-7-15(18)11-13(16)2/h7-8,11,14,17,19H,4-6,9-10,12H2,1-3H3. The zero-order valence-corrected chi connectivity index (χ0v) is 13.0. The Bertz CT molecular complexity index is 415. The second-order valence-corrected chi connectivity index (χ2v) is 5.94. The van der Waals surface area contributed by atoms with Gasteiger partial charge in [0.15, 0.2) is 0 Å². The zero-order chi connectivity index (χ0) is 14.5. The summed E-state index contributed by atoms with van der Waals surface area (Å²) < 4.78 is 13.4. The summed E-state index contributed by atoms with van der Waals surface area (Å²) in [5.41, 5.74) is 2.39. The first-order chi connectivity index (χ1) is 9.67. The number of rotatable bonds is 5. The molecule has 2 nitrogen and oxygen atoms in total. The van der Waals surface area contributed by atoms with Crippen LogP contribution in [-0.4, -0.2) is 31.6 Å². The van der Waals surface area contributed by atoms with Crippen molar-refractivity contribution in [2.45, 2.75) is 39.2 Å². The summed E-state index contributed by atoms with van der Waals surface area (Å²) in [5, 5.41) is 3.33. The molecule has 2 rings (SSSR count). The quantitative estimate of drug-likeness (QED) is 0.886. The van der Waals surface area contributed by atoms with E-state index in [2.05, 4.69) is 17.1 Å². The largest absolute Gasteiger partial charge is 0.319 e. The Morgan fingerprint density at radius 2 is 2.20 bits per heavy atom. The molecule has 1 aromatic carbocycles. The van der Waals surface area contributed by atoms with Crippen LogP contribution in [0.2, 0.25) is 0 Å². The van der Waals surface area contributed by atoms with E-state index in [1.165, 1.54) is 24.8 Å². The summed E-state index contributed by atoms with van der Waals surface area (Å²) in [7, 11) is 2.02. The molecule has 1 saturated heterocycles. The van der Waals surface area contributed by atoms with Gasteiger partial charge in [0.2, 0.25) is 0 Å². The van der Waals surface area contributed by atoms with Crippen molar-refractivity contribution in [3.05, 3.63) is 35.1 Å². The Labute approximate surface area is 122 Å². The second kappa shape index (κ2) is 7.19. The van der Waals surface area contributed by atoms with Crippen LogP contribution in [-0.2, 0) is 0 Å². The van der Waals surface area contributed by atoms with Gasteiger partial charge >= 0.3 is 0 Å². The van der Waals surface area contributed by atoms with Gasteiger partial charge in [-0.1, -0.05) is 13.0 Å². The summed E-state index contributed by atoms with van der Waals surface area (Å²) in [6.07, 6.45) is 3.69. The molecule has 2 unspecified atom stereocenters. The topological polar surface area (TPSA) is 15.3 Å². The lowest BCUT2D eigenvalue weighted by molar-refractivity contribution is 0.0919. The molecule has 0 bridgehead atoms. The van der Waals surface area contributed by atoms with E-state index in [0.29, 0.717) is 12.0 Å². The Kier molecular flexibility index (Phi) is 5.55. The summed E-state index contributed by atoms with van der Waals surface area (Å²) >= 11 is 0. The van der Waals surface area contributed by atoms with Gasteiger partial charge in [0, 0.05) is 6.04 Å². The maximum atomic E-state index is 13.4. The zero-order valence-electron chi connectivity index (χ0n) is 13.0. The number of halogens is 1. The number of hydrogen-bond acceptors (Lipinski definition) is 2. The monoisotopic (exact) mass is 278 g/mol. The molecule has 2 atom stereocenters. The number of benzene rings is 1. The van der Waals surface area contributed by atoms with Crippen LogP contribution in [0, 0.1) is 18.7 Å². The van der Waals surface area contributed by atoms with Gasteiger partial charge in [-0.05, 0) is 82.0 Å². The first kappa shape index (κ1) is 15.5. The fourth-order valence-electron chi connectivity index (χ4n) is 3.59. The molecule has 0 spiro atoms. The molecule has 1 heterocycles. The lowest BCUT2D eigenvalue weighted by Gasteiger charge is -2.42. The van der Waals surface area contributed by atoms with Crippen LogP contribution in [0.4, 0.5) is 4.39 Å². The number of nitrogens with one attached hydrogen (secondary N) is 1. The summed E-state index contributed by atoms with van der Waals surface area (Å²) in [6.45, 7) is 7.59. The van der Waals surface area contributed by atoms with Gasteiger partial charge in [0.25, 0.3) is 0 Å². The van der Waals surface area contributed by atoms with Crippen LogP contribution in [0.1, 0.15) is 43.4 Å². The Morgan fingerprint density at radius 3 is 2.85 bits per heavy atom. The molecule has 0 saturated carbocycles. The van der Waals surface area contributed by atoms with E-state index in [4.69, 9.17) is 0 Å². The van der Waals surface area contributed by atoms with Gasteiger partial charge in [-0.2, -0.15) is 0 Å². The van der Waals surface area contributed by atoms with Crippen LogP contribution in [0.5, 0.6) is 0 Å². The van der Waals surface area contributed by atoms with Crippen molar-refractivity contribution in [2.75, 3.05) is 26.7 Å². The first-order valence-corrected chi connectivity index (χ1v) is 7.82. The Hall–Kier alpha value is -0.930. The van der Waals surface area contributed by atoms with Crippen LogP contribution < -0.4 is 5.32 Å². The molecule has 0 aliphatic carbocycles. The van der Waals surface area contributed by atoms with Crippen LogP contribution in [0.3, 0.4) is 0 Å². The highest BCUT2D eigenvalue weighted by atomic mass is 19.1. The van der Waals surface area contributed by atoms with Crippen LogP contribution >= 0.6 is 0 Å². The second-order valence-electron chi connectivity index (χ2n) is 5.94. The maximum absolute atomic E-state index is 13.4. The van der Waals surface area contributed by atoms with E-state index in [0.717, 1.165) is 25.2 Å². The van der Waals surface area contributed by atoms with E-state index >= 15 is 0 Å². The maximum Gasteiger partial charge on any atom is 0.123 e. The fourth-order valence-corrected chi connectivity index (χ4v) is 3.59. The molecule has 1 aliphatic rings. The Balaban J connectivity index is 2.32. The van der Waals surface area contributed by atoms with Gasteiger partial charge in [0.1, 0.15) is 5.82 Å². The molecule has 20 heavy (non-hydrogen) atoms. The third-order valence-corrected chi connectivity index (χ3v) is 4.39. The number of aryl methyl sites for hydroxylation is 1. The molecule has 112 valence electrons. The van der Waals surface area contributed by atoms with E-state index < -0.39 is 0 Å². The third-order valence-electron chi connectivity index (χ3n) is 4.39. The minimum absolute atomic E-state index is 0.130. The normalized spacial score (nSPS) is 24.0. The van der Waals surface area contributed by atoms with Gasteiger partial charge < -0.3 is 5.32 Å². The minimum atomic E-state index is -0.130. The average molecular weight is 278 g/mol. The van der Waals surface area contributed by atoms with Crippen molar-refractivity contribution in [3.63, 3.8) is 0 Å². The van der Waals surface area contributed by atoms with Gasteiger partial charge in [-0.3, -0.25) is 4.90 Å². The SMILES string of the molecule is CCCN1CCCC(CNC)C1c1ccc(F)cc1C. The first-order valence-electron chi connectivity index (χ1n) is 7.82. The molecule has 0 radical (unpaired) electrons.